The van der Waals surface area contributed by atoms with E-state index < -0.39 is 0 Å². The fraction of sp³-hybridized carbons (Fsp3) is 0.286. The van der Waals surface area contributed by atoms with E-state index in [4.69, 9.17) is 23.9 Å². The first-order chi connectivity index (χ1) is 17.6. The highest BCUT2D eigenvalue weighted by Gasteiger charge is 2.18. The first kappa shape index (κ1) is 24.9. The highest BCUT2D eigenvalue weighted by atomic mass is 16.5. The quantitative estimate of drug-likeness (QED) is 0.287. The molecule has 36 heavy (non-hydrogen) atoms. The molecule has 8 nitrogen and oxygen atoms in total. The number of aryl methyl sites for hydroxylation is 1. The number of ether oxygens (including phenoxy) is 4. The Kier molecular flexibility index (Phi) is 8.28. The van der Waals surface area contributed by atoms with E-state index in [-0.39, 0.29) is 12.5 Å². The molecule has 0 saturated carbocycles. The lowest BCUT2D eigenvalue weighted by atomic mass is 10.1. The largest absolute Gasteiger partial charge is 0.494 e. The topological polar surface area (TPSA) is 83.8 Å². The van der Waals surface area contributed by atoms with Gasteiger partial charge in [-0.2, -0.15) is 0 Å². The zero-order chi connectivity index (χ0) is 25.3. The third kappa shape index (κ3) is 5.71. The zero-order valence-corrected chi connectivity index (χ0v) is 20.8. The fourth-order valence-electron chi connectivity index (χ4n) is 4.06. The van der Waals surface area contributed by atoms with Crippen molar-refractivity contribution in [3.63, 3.8) is 0 Å². The molecule has 4 aromatic rings. The van der Waals surface area contributed by atoms with Crippen LogP contribution in [-0.2, 0) is 13.1 Å². The molecular formula is C28H31N3O5. The Morgan fingerprint density at radius 1 is 0.889 bits per heavy atom. The maximum atomic E-state index is 13.0. The van der Waals surface area contributed by atoms with E-state index in [0.717, 1.165) is 42.0 Å². The Hall–Kier alpha value is -4.20. The van der Waals surface area contributed by atoms with Gasteiger partial charge in [0.15, 0.2) is 11.5 Å². The number of fused-ring (bicyclic) bond motifs is 1. The monoisotopic (exact) mass is 489 g/mol. The predicted octanol–water partition coefficient (Wildman–Crippen LogP) is 4.85. The van der Waals surface area contributed by atoms with Crippen molar-refractivity contribution in [1.29, 1.82) is 0 Å². The molecule has 0 spiro atoms. The zero-order valence-electron chi connectivity index (χ0n) is 20.8. The molecule has 188 valence electrons. The van der Waals surface area contributed by atoms with Crippen molar-refractivity contribution >= 4 is 16.9 Å². The average molecular weight is 490 g/mol. The highest BCUT2D eigenvalue weighted by molar-refractivity contribution is 5.95. The fourth-order valence-corrected chi connectivity index (χ4v) is 4.06. The van der Waals surface area contributed by atoms with Gasteiger partial charge in [0, 0.05) is 12.1 Å². The summed E-state index contributed by atoms with van der Waals surface area (Å²) in [5.74, 6) is 2.69. The molecule has 0 atom stereocenters. The molecule has 3 aromatic carbocycles. The van der Waals surface area contributed by atoms with Crippen molar-refractivity contribution in [2.24, 2.45) is 0 Å². The van der Waals surface area contributed by atoms with Gasteiger partial charge in [-0.1, -0.05) is 30.3 Å². The number of hydrogen-bond acceptors (Lipinski definition) is 6. The van der Waals surface area contributed by atoms with Crippen molar-refractivity contribution < 1.29 is 23.7 Å². The van der Waals surface area contributed by atoms with Crippen molar-refractivity contribution in [2.75, 3.05) is 27.9 Å². The predicted molar refractivity (Wildman–Crippen MR) is 138 cm³/mol. The number of para-hydroxylation sites is 3. The number of aromatic nitrogens is 2. The smallest absolute Gasteiger partial charge is 0.251 e. The molecule has 1 amide bonds. The van der Waals surface area contributed by atoms with Crippen LogP contribution in [0.2, 0.25) is 0 Å². The van der Waals surface area contributed by atoms with Crippen LogP contribution in [0.15, 0.2) is 66.7 Å². The maximum Gasteiger partial charge on any atom is 0.251 e. The summed E-state index contributed by atoms with van der Waals surface area (Å²) in [6.45, 7) is 1.70. The van der Waals surface area contributed by atoms with Crippen LogP contribution < -0.4 is 24.3 Å². The van der Waals surface area contributed by atoms with E-state index in [1.807, 2.05) is 54.6 Å². The first-order valence-electron chi connectivity index (χ1n) is 11.8. The number of carbonyl (C=O) groups excluding carboxylic acids is 1. The number of nitrogens with one attached hydrogen (secondary N) is 1. The number of amides is 1. The van der Waals surface area contributed by atoms with Gasteiger partial charge in [-0.3, -0.25) is 4.79 Å². The summed E-state index contributed by atoms with van der Waals surface area (Å²) >= 11 is 0. The molecule has 1 heterocycles. The van der Waals surface area contributed by atoms with Crippen LogP contribution in [0.25, 0.3) is 11.0 Å². The van der Waals surface area contributed by atoms with Gasteiger partial charge in [0.2, 0.25) is 5.75 Å². The molecule has 4 rings (SSSR count). The summed E-state index contributed by atoms with van der Waals surface area (Å²) in [5.41, 5.74) is 2.35. The summed E-state index contributed by atoms with van der Waals surface area (Å²) in [4.78, 5) is 17.8. The molecule has 8 heteroatoms. The number of hydrogen-bond donors (Lipinski definition) is 1. The molecule has 0 aliphatic rings. The Morgan fingerprint density at radius 2 is 1.58 bits per heavy atom. The van der Waals surface area contributed by atoms with Crippen LogP contribution in [0, 0.1) is 0 Å². The normalized spacial score (nSPS) is 10.8. The Labute approximate surface area is 210 Å². The molecule has 0 fully saturated rings. The molecule has 0 radical (unpaired) electrons. The van der Waals surface area contributed by atoms with E-state index >= 15 is 0 Å². The summed E-state index contributed by atoms with van der Waals surface area (Å²) in [6, 6.07) is 21.1. The van der Waals surface area contributed by atoms with Gasteiger partial charge in [-0.25, -0.2) is 4.98 Å². The number of imidazole rings is 1. The van der Waals surface area contributed by atoms with Crippen LogP contribution in [-0.4, -0.2) is 43.4 Å². The molecule has 0 bridgehead atoms. The van der Waals surface area contributed by atoms with Crippen LogP contribution in [0.4, 0.5) is 0 Å². The number of unbranched alkanes of at least 4 members (excludes halogenated alkanes) is 1. The third-order valence-electron chi connectivity index (χ3n) is 5.86. The van der Waals surface area contributed by atoms with Gasteiger partial charge >= 0.3 is 0 Å². The summed E-state index contributed by atoms with van der Waals surface area (Å²) < 4.78 is 24.1. The van der Waals surface area contributed by atoms with Crippen molar-refractivity contribution in [3.05, 3.63) is 78.1 Å². The Morgan fingerprint density at radius 3 is 2.28 bits per heavy atom. The third-order valence-corrected chi connectivity index (χ3v) is 5.86. The second-order valence-electron chi connectivity index (χ2n) is 8.13. The second-order valence-corrected chi connectivity index (χ2v) is 8.13. The molecule has 1 aromatic heterocycles. The van der Waals surface area contributed by atoms with Crippen molar-refractivity contribution in [2.45, 2.75) is 25.9 Å². The van der Waals surface area contributed by atoms with E-state index in [2.05, 4.69) is 9.88 Å². The average Bonchev–Trinajstić information content (AvgIpc) is 3.28. The second kappa shape index (κ2) is 12.0. The maximum absolute atomic E-state index is 13.0. The molecule has 0 aliphatic heterocycles. The van der Waals surface area contributed by atoms with E-state index in [9.17, 15) is 4.79 Å². The van der Waals surface area contributed by atoms with E-state index in [1.165, 1.54) is 21.3 Å². The molecular weight excluding hydrogens is 458 g/mol. The van der Waals surface area contributed by atoms with Crippen LogP contribution in [0.3, 0.4) is 0 Å². The van der Waals surface area contributed by atoms with E-state index in [0.29, 0.717) is 29.4 Å². The van der Waals surface area contributed by atoms with Crippen molar-refractivity contribution in [3.8, 4) is 23.0 Å². The Bertz CT molecular complexity index is 1280. The molecule has 0 unspecified atom stereocenters. The van der Waals surface area contributed by atoms with Gasteiger partial charge < -0.3 is 28.8 Å². The molecule has 1 N–H and O–H groups in total. The number of carbonyl (C=O) groups is 1. The number of nitrogens with zero attached hydrogens (tertiary/aromatic N) is 2. The van der Waals surface area contributed by atoms with Crippen LogP contribution in [0.1, 0.15) is 29.0 Å². The highest BCUT2D eigenvalue weighted by Crippen LogP contribution is 2.38. The summed E-state index contributed by atoms with van der Waals surface area (Å²) in [6.07, 6.45) is 1.82. The summed E-state index contributed by atoms with van der Waals surface area (Å²) in [5, 5.41) is 2.98. The number of benzene rings is 3. The minimum absolute atomic E-state index is 0.260. The van der Waals surface area contributed by atoms with Crippen LogP contribution in [0.5, 0.6) is 23.0 Å². The lowest BCUT2D eigenvalue weighted by molar-refractivity contribution is 0.0948. The molecule has 0 saturated heterocycles. The van der Waals surface area contributed by atoms with Gasteiger partial charge in [0.05, 0.1) is 45.5 Å². The van der Waals surface area contributed by atoms with Gasteiger partial charge in [-0.05, 0) is 49.2 Å². The number of methoxy groups -OCH3 is 3. The Balaban J connectivity index is 1.43. The lowest BCUT2D eigenvalue weighted by Crippen LogP contribution is -2.25. The minimum atomic E-state index is -0.260. The summed E-state index contributed by atoms with van der Waals surface area (Å²) in [7, 11) is 4.57. The van der Waals surface area contributed by atoms with E-state index in [1.54, 1.807) is 12.1 Å². The van der Waals surface area contributed by atoms with Gasteiger partial charge in [0.25, 0.3) is 5.91 Å². The van der Waals surface area contributed by atoms with Crippen molar-refractivity contribution in [1.82, 2.24) is 14.9 Å². The van der Waals surface area contributed by atoms with Crippen LogP contribution >= 0.6 is 0 Å². The molecule has 0 aliphatic carbocycles. The minimum Gasteiger partial charge on any atom is -0.494 e. The SMILES string of the molecule is COc1cc(C(=O)NCc2nc3ccccc3n2CCCCOc2ccccc2)cc(OC)c1OC. The lowest BCUT2D eigenvalue weighted by Gasteiger charge is -2.14. The van der Waals surface area contributed by atoms with Gasteiger partial charge in [0.1, 0.15) is 11.6 Å². The standard InChI is InChI=1S/C28H31N3O5/c1-33-24-17-20(18-25(34-2)27(24)35-3)28(32)29-19-26-30-22-13-7-8-14-23(22)31(26)15-9-10-16-36-21-11-5-4-6-12-21/h4-8,11-14,17-18H,9-10,15-16,19H2,1-3H3,(H,29,32). The van der Waals surface area contributed by atoms with Gasteiger partial charge in [-0.15, -0.1) is 0 Å². The first-order valence-corrected chi connectivity index (χ1v) is 11.8. The number of rotatable bonds is 12.